The Balaban J connectivity index is 1.94. The van der Waals surface area contributed by atoms with E-state index in [4.69, 9.17) is 0 Å². The molecule has 2 aromatic carbocycles. The minimum Gasteiger partial charge on any atom is -0.103 e. The van der Waals surface area contributed by atoms with Crippen molar-refractivity contribution < 1.29 is 0 Å². The van der Waals surface area contributed by atoms with Gasteiger partial charge < -0.3 is 0 Å². The number of allylic oxidation sites excluding steroid dienone is 2. The van der Waals surface area contributed by atoms with Crippen LogP contribution in [0.15, 0.2) is 73.3 Å². The van der Waals surface area contributed by atoms with E-state index >= 15 is 0 Å². The minimum absolute atomic E-state index is 0.945. The molecule has 0 aromatic heterocycles. The molecule has 0 atom stereocenters. The van der Waals surface area contributed by atoms with Crippen LogP contribution in [0.2, 0.25) is 0 Å². The van der Waals surface area contributed by atoms with E-state index < -0.39 is 0 Å². The molecular formula is C18H18. The van der Waals surface area contributed by atoms with Crippen LogP contribution in [0.3, 0.4) is 0 Å². The summed E-state index contributed by atoms with van der Waals surface area (Å²) in [5, 5.41) is 0. The fourth-order valence-corrected chi connectivity index (χ4v) is 1.87. The van der Waals surface area contributed by atoms with Crippen LogP contribution in [-0.4, -0.2) is 0 Å². The summed E-state index contributed by atoms with van der Waals surface area (Å²) in [6.07, 6.45) is 8.23. The molecule has 0 spiro atoms. The van der Waals surface area contributed by atoms with E-state index in [1.807, 2.05) is 12.1 Å². The molecular weight excluding hydrogens is 216 g/mol. The highest BCUT2D eigenvalue weighted by Gasteiger charge is 1.91. The molecule has 0 saturated carbocycles. The van der Waals surface area contributed by atoms with Gasteiger partial charge in [-0.25, -0.2) is 0 Å². The molecule has 0 heterocycles. The molecule has 0 N–H and O–H groups in total. The second kappa shape index (κ2) is 6.61. The molecule has 0 radical (unpaired) electrons. The maximum Gasteiger partial charge on any atom is -0.00941 e. The van der Waals surface area contributed by atoms with Gasteiger partial charge in [0.1, 0.15) is 0 Å². The molecule has 0 amide bonds. The number of hydrogen-bond acceptors (Lipinski definition) is 0. The number of hydrogen-bond donors (Lipinski definition) is 0. The van der Waals surface area contributed by atoms with Crippen LogP contribution in [0.1, 0.15) is 16.7 Å². The fraction of sp³-hybridized carbons (Fsp3) is 0.111. The molecule has 0 fully saturated rings. The van der Waals surface area contributed by atoms with Gasteiger partial charge in [0.05, 0.1) is 0 Å². The SMILES string of the molecule is C=CCc1ccc(CC=Cc2ccccc2)cc1. The first kappa shape index (κ1) is 12.4. The monoisotopic (exact) mass is 234 g/mol. The predicted molar refractivity (Wildman–Crippen MR) is 79.5 cm³/mol. The molecule has 18 heavy (non-hydrogen) atoms. The van der Waals surface area contributed by atoms with Crippen molar-refractivity contribution in [1.82, 2.24) is 0 Å². The van der Waals surface area contributed by atoms with E-state index in [0.29, 0.717) is 0 Å². The van der Waals surface area contributed by atoms with Crippen LogP contribution in [0, 0.1) is 0 Å². The highest BCUT2D eigenvalue weighted by atomic mass is 14.0. The molecule has 0 aliphatic carbocycles. The van der Waals surface area contributed by atoms with Gasteiger partial charge in [0.2, 0.25) is 0 Å². The zero-order chi connectivity index (χ0) is 12.6. The summed E-state index contributed by atoms with van der Waals surface area (Å²) in [6, 6.07) is 19.1. The number of rotatable bonds is 5. The number of benzene rings is 2. The van der Waals surface area contributed by atoms with Gasteiger partial charge in [0.25, 0.3) is 0 Å². The summed E-state index contributed by atoms with van der Waals surface area (Å²) in [7, 11) is 0. The summed E-state index contributed by atoms with van der Waals surface area (Å²) in [5.74, 6) is 0. The van der Waals surface area contributed by atoms with Crippen molar-refractivity contribution in [3.63, 3.8) is 0 Å². The molecule has 0 saturated heterocycles. The standard InChI is InChI=1S/C18H18/c1-2-7-16-12-14-18(15-13-16)11-6-10-17-8-4-3-5-9-17/h2-6,8-10,12-15H,1,7,11H2. The summed E-state index contributed by atoms with van der Waals surface area (Å²) < 4.78 is 0. The first-order chi connectivity index (χ1) is 8.88. The van der Waals surface area contributed by atoms with Crippen LogP contribution in [-0.2, 0) is 12.8 Å². The van der Waals surface area contributed by atoms with E-state index in [2.05, 4.69) is 67.3 Å². The molecule has 2 aromatic rings. The van der Waals surface area contributed by atoms with Crippen LogP contribution >= 0.6 is 0 Å². The van der Waals surface area contributed by atoms with Crippen molar-refractivity contribution in [3.05, 3.63) is 90.0 Å². The van der Waals surface area contributed by atoms with Gasteiger partial charge in [-0.2, -0.15) is 0 Å². The Morgan fingerprint density at radius 1 is 0.778 bits per heavy atom. The topological polar surface area (TPSA) is 0 Å². The van der Waals surface area contributed by atoms with E-state index in [0.717, 1.165) is 12.8 Å². The van der Waals surface area contributed by atoms with Crippen molar-refractivity contribution in [2.75, 3.05) is 0 Å². The van der Waals surface area contributed by atoms with E-state index in [9.17, 15) is 0 Å². The van der Waals surface area contributed by atoms with E-state index in [1.54, 1.807) is 0 Å². The molecule has 0 heteroatoms. The lowest BCUT2D eigenvalue weighted by atomic mass is 10.1. The summed E-state index contributed by atoms with van der Waals surface area (Å²) >= 11 is 0. The Morgan fingerprint density at radius 2 is 1.39 bits per heavy atom. The van der Waals surface area contributed by atoms with Crippen LogP contribution in [0.25, 0.3) is 6.08 Å². The Labute approximate surface area is 109 Å². The zero-order valence-electron chi connectivity index (χ0n) is 10.5. The normalized spacial score (nSPS) is 10.7. The lowest BCUT2D eigenvalue weighted by Crippen LogP contribution is -1.84. The predicted octanol–water partition coefficient (Wildman–Crippen LogP) is 4.67. The maximum atomic E-state index is 3.75. The third kappa shape index (κ3) is 3.74. The Bertz CT molecular complexity index is 503. The minimum atomic E-state index is 0.945. The lowest BCUT2D eigenvalue weighted by Gasteiger charge is -1.99. The van der Waals surface area contributed by atoms with Gasteiger partial charge in [-0.1, -0.05) is 72.8 Å². The van der Waals surface area contributed by atoms with Crippen molar-refractivity contribution in [1.29, 1.82) is 0 Å². The average Bonchev–Trinajstić information content (AvgIpc) is 2.42. The molecule has 0 unspecified atom stereocenters. The highest BCUT2D eigenvalue weighted by molar-refractivity contribution is 5.49. The van der Waals surface area contributed by atoms with Crippen LogP contribution < -0.4 is 0 Å². The smallest absolute Gasteiger partial charge is 0.00941 e. The summed E-state index contributed by atoms with van der Waals surface area (Å²) in [6.45, 7) is 3.75. The average molecular weight is 234 g/mol. The molecule has 0 bridgehead atoms. The Hall–Kier alpha value is -2.08. The largest absolute Gasteiger partial charge is 0.103 e. The third-order valence-corrected chi connectivity index (χ3v) is 2.87. The van der Waals surface area contributed by atoms with Gasteiger partial charge in [-0.3, -0.25) is 0 Å². The zero-order valence-corrected chi connectivity index (χ0v) is 10.5. The van der Waals surface area contributed by atoms with Gasteiger partial charge in [0, 0.05) is 0 Å². The molecule has 0 aliphatic heterocycles. The van der Waals surface area contributed by atoms with Gasteiger partial charge >= 0.3 is 0 Å². The van der Waals surface area contributed by atoms with E-state index in [1.165, 1.54) is 16.7 Å². The fourth-order valence-electron chi connectivity index (χ4n) is 1.87. The molecule has 2 rings (SSSR count). The van der Waals surface area contributed by atoms with Gasteiger partial charge in [-0.05, 0) is 29.5 Å². The Morgan fingerprint density at radius 3 is 2.00 bits per heavy atom. The Kier molecular flexibility index (Phi) is 4.54. The van der Waals surface area contributed by atoms with Crippen molar-refractivity contribution >= 4 is 6.08 Å². The third-order valence-electron chi connectivity index (χ3n) is 2.87. The van der Waals surface area contributed by atoms with Gasteiger partial charge in [0.15, 0.2) is 0 Å². The highest BCUT2D eigenvalue weighted by Crippen LogP contribution is 2.08. The molecule has 90 valence electrons. The molecule has 0 aliphatic rings. The second-order valence-corrected chi connectivity index (χ2v) is 4.33. The second-order valence-electron chi connectivity index (χ2n) is 4.33. The lowest BCUT2D eigenvalue weighted by molar-refractivity contribution is 1.22. The van der Waals surface area contributed by atoms with Crippen molar-refractivity contribution in [2.45, 2.75) is 12.8 Å². The first-order valence-electron chi connectivity index (χ1n) is 6.29. The van der Waals surface area contributed by atoms with Gasteiger partial charge in [-0.15, -0.1) is 6.58 Å². The summed E-state index contributed by atoms with van der Waals surface area (Å²) in [4.78, 5) is 0. The van der Waals surface area contributed by atoms with Crippen LogP contribution in [0.5, 0.6) is 0 Å². The van der Waals surface area contributed by atoms with Crippen molar-refractivity contribution in [3.8, 4) is 0 Å². The van der Waals surface area contributed by atoms with Crippen LogP contribution in [0.4, 0.5) is 0 Å². The maximum absolute atomic E-state index is 3.75. The summed E-state index contributed by atoms with van der Waals surface area (Å²) in [5.41, 5.74) is 3.91. The van der Waals surface area contributed by atoms with E-state index in [-0.39, 0.29) is 0 Å². The van der Waals surface area contributed by atoms with Crippen molar-refractivity contribution in [2.24, 2.45) is 0 Å². The molecule has 0 nitrogen and oxygen atoms in total. The first-order valence-corrected chi connectivity index (χ1v) is 6.29. The quantitative estimate of drug-likeness (QED) is 0.659.